The number of hydrazone groups is 1. The molecule has 0 atom stereocenters. The summed E-state index contributed by atoms with van der Waals surface area (Å²) in [4.78, 5) is 12.6. The highest BCUT2D eigenvalue weighted by Crippen LogP contribution is 2.24. The molecule has 4 heteroatoms. The molecular formula is C17H17N3O. The first kappa shape index (κ1) is 13.4. The molecular weight excluding hydrogens is 262 g/mol. The van der Waals surface area contributed by atoms with Crippen molar-refractivity contribution in [1.82, 2.24) is 4.57 Å². The van der Waals surface area contributed by atoms with E-state index in [0.717, 1.165) is 23.6 Å². The number of rotatable bonds is 3. The van der Waals surface area contributed by atoms with E-state index in [9.17, 15) is 4.79 Å². The fraction of sp³-hybridized carbons (Fsp3) is 0.176. The number of hydrogen-bond acceptors (Lipinski definition) is 2. The molecule has 0 N–H and O–H groups in total. The van der Waals surface area contributed by atoms with Crippen LogP contribution in [0.3, 0.4) is 0 Å². The zero-order valence-corrected chi connectivity index (χ0v) is 12.2. The zero-order chi connectivity index (χ0) is 14.8. The summed E-state index contributed by atoms with van der Waals surface area (Å²) >= 11 is 0. The van der Waals surface area contributed by atoms with E-state index < -0.39 is 0 Å². The molecule has 1 aromatic carbocycles. The SMILES string of the molecule is CCn1cccc1/C=C1\C(=O)N(c2ccccc2)N=C1C. The fourth-order valence-electron chi connectivity index (χ4n) is 2.42. The van der Waals surface area contributed by atoms with Gasteiger partial charge < -0.3 is 4.57 Å². The summed E-state index contributed by atoms with van der Waals surface area (Å²) in [5.74, 6) is -0.0810. The van der Waals surface area contributed by atoms with Crippen molar-refractivity contribution in [3.8, 4) is 0 Å². The van der Waals surface area contributed by atoms with Gasteiger partial charge in [-0.1, -0.05) is 18.2 Å². The molecule has 2 heterocycles. The first-order valence-corrected chi connectivity index (χ1v) is 7.02. The highest BCUT2D eigenvalue weighted by Gasteiger charge is 2.28. The maximum atomic E-state index is 12.6. The van der Waals surface area contributed by atoms with Crippen LogP contribution < -0.4 is 5.01 Å². The molecule has 0 saturated heterocycles. The molecule has 4 nitrogen and oxygen atoms in total. The highest BCUT2D eigenvalue weighted by molar-refractivity contribution is 6.32. The number of aromatic nitrogens is 1. The van der Waals surface area contributed by atoms with Crippen molar-refractivity contribution >= 4 is 23.4 Å². The van der Waals surface area contributed by atoms with Crippen molar-refractivity contribution < 1.29 is 4.79 Å². The van der Waals surface area contributed by atoms with E-state index in [0.29, 0.717) is 5.57 Å². The minimum atomic E-state index is -0.0810. The Kier molecular flexibility index (Phi) is 3.44. The number of hydrogen-bond donors (Lipinski definition) is 0. The quantitative estimate of drug-likeness (QED) is 0.794. The van der Waals surface area contributed by atoms with Gasteiger partial charge >= 0.3 is 0 Å². The van der Waals surface area contributed by atoms with Crippen LogP contribution in [-0.2, 0) is 11.3 Å². The standard InChI is InChI=1S/C17H17N3O/c1-3-19-11-7-10-15(19)12-16-13(2)18-20(17(16)21)14-8-5-4-6-9-14/h4-12H,3H2,1-2H3/b16-12-. The van der Waals surface area contributed by atoms with Gasteiger partial charge in [0.15, 0.2) is 0 Å². The van der Waals surface area contributed by atoms with Crippen molar-refractivity contribution in [2.75, 3.05) is 5.01 Å². The van der Waals surface area contributed by atoms with Crippen LogP contribution in [0.2, 0.25) is 0 Å². The lowest BCUT2D eigenvalue weighted by Gasteiger charge is -2.11. The predicted molar refractivity (Wildman–Crippen MR) is 85.1 cm³/mol. The number of para-hydroxylation sites is 1. The van der Waals surface area contributed by atoms with Crippen LogP contribution in [0.5, 0.6) is 0 Å². The zero-order valence-electron chi connectivity index (χ0n) is 12.2. The molecule has 1 aromatic heterocycles. The molecule has 106 valence electrons. The van der Waals surface area contributed by atoms with Gasteiger partial charge in [-0.3, -0.25) is 4.79 Å². The molecule has 3 rings (SSSR count). The normalized spacial score (nSPS) is 16.7. The van der Waals surface area contributed by atoms with Crippen LogP contribution >= 0.6 is 0 Å². The van der Waals surface area contributed by atoms with Gasteiger partial charge in [-0.15, -0.1) is 0 Å². The van der Waals surface area contributed by atoms with Gasteiger partial charge in [0, 0.05) is 18.4 Å². The second-order valence-electron chi connectivity index (χ2n) is 4.91. The Labute approximate surface area is 124 Å². The van der Waals surface area contributed by atoms with Gasteiger partial charge in [-0.05, 0) is 44.2 Å². The number of amides is 1. The number of carbonyl (C=O) groups excluding carboxylic acids is 1. The molecule has 0 radical (unpaired) electrons. The Morgan fingerprint density at radius 2 is 1.90 bits per heavy atom. The summed E-state index contributed by atoms with van der Waals surface area (Å²) in [5.41, 5.74) is 3.20. The third-order valence-electron chi connectivity index (χ3n) is 3.56. The maximum absolute atomic E-state index is 12.6. The number of carbonyl (C=O) groups is 1. The van der Waals surface area contributed by atoms with Crippen molar-refractivity contribution in [1.29, 1.82) is 0 Å². The number of benzene rings is 1. The Bertz CT molecular complexity index is 726. The van der Waals surface area contributed by atoms with Crippen molar-refractivity contribution in [3.63, 3.8) is 0 Å². The molecule has 2 aromatic rings. The Morgan fingerprint density at radius 3 is 2.62 bits per heavy atom. The molecule has 1 aliphatic heterocycles. The number of anilines is 1. The van der Waals surface area contributed by atoms with Gasteiger partial charge in [0.25, 0.3) is 5.91 Å². The van der Waals surface area contributed by atoms with Gasteiger partial charge in [0.1, 0.15) is 0 Å². The molecule has 0 spiro atoms. The predicted octanol–water partition coefficient (Wildman–Crippen LogP) is 3.31. The second-order valence-corrected chi connectivity index (χ2v) is 4.91. The summed E-state index contributed by atoms with van der Waals surface area (Å²) in [6, 6.07) is 13.5. The topological polar surface area (TPSA) is 37.6 Å². The Morgan fingerprint density at radius 1 is 1.14 bits per heavy atom. The minimum Gasteiger partial charge on any atom is -0.348 e. The number of nitrogens with zero attached hydrogens (tertiary/aromatic N) is 3. The maximum Gasteiger partial charge on any atom is 0.280 e. The third kappa shape index (κ3) is 2.40. The van der Waals surface area contributed by atoms with Gasteiger partial charge in [0.05, 0.1) is 17.0 Å². The lowest BCUT2D eigenvalue weighted by atomic mass is 10.1. The van der Waals surface area contributed by atoms with E-state index in [1.165, 1.54) is 5.01 Å². The van der Waals surface area contributed by atoms with E-state index in [4.69, 9.17) is 0 Å². The average Bonchev–Trinajstić information content (AvgIpc) is 3.07. The highest BCUT2D eigenvalue weighted by atomic mass is 16.2. The summed E-state index contributed by atoms with van der Waals surface area (Å²) in [5, 5.41) is 5.84. The van der Waals surface area contributed by atoms with Crippen LogP contribution in [0.25, 0.3) is 6.08 Å². The van der Waals surface area contributed by atoms with Crippen LogP contribution in [-0.4, -0.2) is 16.2 Å². The molecule has 1 amide bonds. The molecule has 0 fully saturated rings. The Balaban J connectivity index is 1.96. The third-order valence-corrected chi connectivity index (χ3v) is 3.56. The molecule has 1 aliphatic rings. The molecule has 0 saturated carbocycles. The van der Waals surface area contributed by atoms with Crippen molar-refractivity contribution in [2.24, 2.45) is 5.10 Å². The minimum absolute atomic E-state index is 0.0810. The summed E-state index contributed by atoms with van der Waals surface area (Å²) in [7, 11) is 0. The molecule has 21 heavy (non-hydrogen) atoms. The van der Waals surface area contributed by atoms with Gasteiger partial charge in [-0.2, -0.15) is 10.1 Å². The lowest BCUT2D eigenvalue weighted by Crippen LogP contribution is -2.21. The lowest BCUT2D eigenvalue weighted by molar-refractivity contribution is -0.114. The molecule has 0 unspecified atom stereocenters. The average molecular weight is 279 g/mol. The fourth-order valence-corrected chi connectivity index (χ4v) is 2.42. The van der Waals surface area contributed by atoms with Crippen molar-refractivity contribution in [3.05, 3.63) is 59.9 Å². The van der Waals surface area contributed by atoms with Crippen LogP contribution in [0.4, 0.5) is 5.69 Å². The van der Waals surface area contributed by atoms with E-state index >= 15 is 0 Å². The second kappa shape index (κ2) is 5.40. The van der Waals surface area contributed by atoms with Gasteiger partial charge in [-0.25, -0.2) is 0 Å². The first-order valence-electron chi connectivity index (χ1n) is 7.02. The van der Waals surface area contributed by atoms with Crippen molar-refractivity contribution in [2.45, 2.75) is 20.4 Å². The largest absolute Gasteiger partial charge is 0.348 e. The number of aryl methyl sites for hydroxylation is 1. The van der Waals surface area contributed by atoms with Crippen LogP contribution in [0.15, 0.2) is 59.3 Å². The van der Waals surface area contributed by atoms with Crippen LogP contribution in [0.1, 0.15) is 19.5 Å². The van der Waals surface area contributed by atoms with E-state index in [2.05, 4.69) is 16.6 Å². The van der Waals surface area contributed by atoms with E-state index in [1.54, 1.807) is 0 Å². The van der Waals surface area contributed by atoms with E-state index in [-0.39, 0.29) is 5.91 Å². The summed E-state index contributed by atoms with van der Waals surface area (Å²) in [6.07, 6.45) is 3.92. The van der Waals surface area contributed by atoms with Crippen LogP contribution in [0, 0.1) is 0 Å². The van der Waals surface area contributed by atoms with E-state index in [1.807, 2.05) is 61.7 Å². The Hall–Kier alpha value is -2.62. The monoisotopic (exact) mass is 279 g/mol. The molecule has 0 aliphatic carbocycles. The smallest absolute Gasteiger partial charge is 0.280 e. The molecule has 0 bridgehead atoms. The first-order chi connectivity index (χ1) is 10.2. The van der Waals surface area contributed by atoms with Gasteiger partial charge in [0.2, 0.25) is 0 Å². The summed E-state index contributed by atoms with van der Waals surface area (Å²) in [6.45, 7) is 4.82. The summed E-state index contributed by atoms with van der Waals surface area (Å²) < 4.78 is 2.10.